The van der Waals surface area contributed by atoms with Crippen molar-refractivity contribution in [2.75, 3.05) is 38.6 Å². The highest BCUT2D eigenvalue weighted by Crippen LogP contribution is 2.22. The minimum atomic E-state index is 0.689. The average Bonchev–Trinajstić information content (AvgIpc) is 2.48. The van der Waals surface area contributed by atoms with Gasteiger partial charge in [0.1, 0.15) is 0 Å². The van der Waals surface area contributed by atoms with Crippen LogP contribution < -0.4 is 10.2 Å². The lowest BCUT2D eigenvalue weighted by Crippen LogP contribution is -2.45. The summed E-state index contributed by atoms with van der Waals surface area (Å²) in [5.41, 5.74) is 2.75. The van der Waals surface area contributed by atoms with Crippen molar-refractivity contribution in [3.05, 3.63) is 29.8 Å². The maximum Gasteiger partial charge on any atom is 0.0366 e. The topological polar surface area (TPSA) is 18.5 Å². The maximum absolute atomic E-state index is 3.45. The van der Waals surface area contributed by atoms with E-state index in [-0.39, 0.29) is 0 Å². The molecule has 3 nitrogen and oxygen atoms in total. The number of benzene rings is 1. The van der Waals surface area contributed by atoms with Crippen LogP contribution in [0.4, 0.5) is 5.69 Å². The van der Waals surface area contributed by atoms with E-state index in [2.05, 4.69) is 60.4 Å². The first-order chi connectivity index (χ1) is 9.70. The summed E-state index contributed by atoms with van der Waals surface area (Å²) in [5.74, 6) is 0. The molecule has 0 saturated carbocycles. The molecule has 1 aliphatic heterocycles. The lowest BCUT2D eigenvalue weighted by atomic mass is 10.0. The van der Waals surface area contributed by atoms with E-state index in [9.17, 15) is 0 Å². The van der Waals surface area contributed by atoms with E-state index < -0.39 is 0 Å². The van der Waals surface area contributed by atoms with Crippen molar-refractivity contribution in [3.63, 3.8) is 0 Å². The third-order valence-electron chi connectivity index (χ3n) is 4.18. The molecule has 3 heteroatoms. The number of hydrogen-bond acceptors (Lipinski definition) is 3. The molecule has 1 N–H and O–H groups in total. The molecular formula is C17H29N3. The molecule has 20 heavy (non-hydrogen) atoms. The van der Waals surface area contributed by atoms with Gasteiger partial charge in [0.05, 0.1) is 0 Å². The first-order valence-electron chi connectivity index (χ1n) is 7.91. The summed E-state index contributed by atoms with van der Waals surface area (Å²) in [6.07, 6.45) is 3.81. The van der Waals surface area contributed by atoms with Crippen LogP contribution in [0.3, 0.4) is 0 Å². The number of nitrogens with one attached hydrogen (secondary N) is 1. The molecule has 1 fully saturated rings. The van der Waals surface area contributed by atoms with E-state index in [0.29, 0.717) is 6.04 Å². The minimum absolute atomic E-state index is 0.689. The molecule has 0 aromatic heterocycles. The van der Waals surface area contributed by atoms with E-state index in [1.54, 1.807) is 0 Å². The average molecular weight is 275 g/mol. The van der Waals surface area contributed by atoms with Gasteiger partial charge in [-0.25, -0.2) is 0 Å². The Balaban J connectivity index is 1.92. The summed E-state index contributed by atoms with van der Waals surface area (Å²) >= 11 is 0. The second-order valence-corrected chi connectivity index (χ2v) is 6.05. The van der Waals surface area contributed by atoms with Crippen molar-refractivity contribution in [2.45, 2.75) is 38.8 Å². The van der Waals surface area contributed by atoms with Crippen LogP contribution in [-0.4, -0.2) is 44.7 Å². The summed E-state index contributed by atoms with van der Waals surface area (Å²) in [6.45, 7) is 6.62. The second kappa shape index (κ2) is 7.65. The summed E-state index contributed by atoms with van der Waals surface area (Å²) in [4.78, 5) is 4.88. The number of anilines is 1. The van der Waals surface area contributed by atoms with Crippen LogP contribution in [0, 0.1) is 0 Å². The molecule has 1 saturated heterocycles. The molecule has 1 unspecified atom stereocenters. The lowest BCUT2D eigenvalue weighted by Gasteiger charge is -2.37. The second-order valence-electron chi connectivity index (χ2n) is 6.05. The Kier molecular flexibility index (Phi) is 5.86. The molecule has 112 valence electrons. The van der Waals surface area contributed by atoms with Gasteiger partial charge < -0.3 is 15.1 Å². The van der Waals surface area contributed by atoms with Gasteiger partial charge in [0.2, 0.25) is 0 Å². The standard InChI is InChI=1S/C17H29N3/c1-4-11-18-13-15-7-9-16(10-8-15)20-12-5-6-17(14-20)19(2)3/h7-10,17-18H,4-6,11-14H2,1-3H3. The van der Waals surface area contributed by atoms with Gasteiger partial charge >= 0.3 is 0 Å². The van der Waals surface area contributed by atoms with Gasteiger partial charge in [-0.2, -0.15) is 0 Å². The first kappa shape index (κ1) is 15.3. The first-order valence-corrected chi connectivity index (χ1v) is 7.91. The van der Waals surface area contributed by atoms with Crippen molar-refractivity contribution in [1.29, 1.82) is 0 Å². The normalized spacial score (nSPS) is 19.6. The van der Waals surface area contributed by atoms with Gasteiger partial charge in [0.25, 0.3) is 0 Å². The van der Waals surface area contributed by atoms with Crippen LogP contribution >= 0.6 is 0 Å². The molecule has 0 aliphatic carbocycles. The number of rotatable bonds is 6. The quantitative estimate of drug-likeness (QED) is 0.805. The lowest BCUT2D eigenvalue weighted by molar-refractivity contribution is 0.258. The van der Waals surface area contributed by atoms with E-state index >= 15 is 0 Å². The highest BCUT2D eigenvalue weighted by molar-refractivity contribution is 5.48. The summed E-state index contributed by atoms with van der Waals surface area (Å²) in [5, 5.41) is 3.45. The minimum Gasteiger partial charge on any atom is -0.370 e. The van der Waals surface area contributed by atoms with E-state index in [4.69, 9.17) is 0 Å². The molecule has 1 heterocycles. The zero-order valence-corrected chi connectivity index (χ0v) is 13.2. The van der Waals surface area contributed by atoms with E-state index in [1.807, 2.05) is 0 Å². The third-order valence-corrected chi connectivity index (χ3v) is 4.18. The smallest absolute Gasteiger partial charge is 0.0366 e. The van der Waals surface area contributed by atoms with Gasteiger partial charge in [-0.15, -0.1) is 0 Å². The molecule has 0 spiro atoms. The Hall–Kier alpha value is -1.06. The predicted octanol–water partition coefficient (Wildman–Crippen LogP) is 2.72. The molecule has 1 atom stereocenters. The van der Waals surface area contributed by atoms with Gasteiger partial charge in [-0.05, 0) is 57.6 Å². The number of piperidine rings is 1. The van der Waals surface area contributed by atoms with Gasteiger partial charge in [0.15, 0.2) is 0 Å². The number of hydrogen-bond donors (Lipinski definition) is 1. The zero-order valence-electron chi connectivity index (χ0n) is 13.2. The number of nitrogens with zero attached hydrogens (tertiary/aromatic N) is 2. The van der Waals surface area contributed by atoms with Crippen LogP contribution in [0.5, 0.6) is 0 Å². The number of likely N-dealkylation sites (N-methyl/N-ethyl adjacent to an activating group) is 1. The molecule has 0 amide bonds. The van der Waals surface area contributed by atoms with Crippen LogP contribution in [0.1, 0.15) is 31.7 Å². The Morgan fingerprint density at radius 2 is 2.00 bits per heavy atom. The Labute approximate surface area is 124 Å². The fourth-order valence-corrected chi connectivity index (χ4v) is 2.84. The predicted molar refractivity (Wildman–Crippen MR) is 87.4 cm³/mol. The van der Waals surface area contributed by atoms with E-state index in [1.165, 1.54) is 37.1 Å². The Morgan fingerprint density at radius 3 is 2.65 bits per heavy atom. The highest BCUT2D eigenvalue weighted by atomic mass is 15.2. The van der Waals surface area contributed by atoms with Crippen LogP contribution in [0.25, 0.3) is 0 Å². The summed E-state index contributed by atoms with van der Waals surface area (Å²) in [7, 11) is 4.38. The van der Waals surface area contributed by atoms with Crippen molar-refractivity contribution in [2.24, 2.45) is 0 Å². The summed E-state index contributed by atoms with van der Waals surface area (Å²) in [6, 6.07) is 9.77. The fourth-order valence-electron chi connectivity index (χ4n) is 2.84. The molecular weight excluding hydrogens is 246 g/mol. The van der Waals surface area contributed by atoms with Crippen molar-refractivity contribution in [3.8, 4) is 0 Å². The molecule has 1 aromatic carbocycles. The molecule has 2 rings (SSSR count). The zero-order chi connectivity index (χ0) is 14.4. The third kappa shape index (κ3) is 4.22. The van der Waals surface area contributed by atoms with Gasteiger partial charge in [-0.1, -0.05) is 19.1 Å². The highest BCUT2D eigenvalue weighted by Gasteiger charge is 2.21. The van der Waals surface area contributed by atoms with Crippen molar-refractivity contribution in [1.82, 2.24) is 10.2 Å². The van der Waals surface area contributed by atoms with Crippen molar-refractivity contribution >= 4 is 5.69 Å². The molecule has 1 aromatic rings. The van der Waals surface area contributed by atoms with E-state index in [0.717, 1.165) is 19.6 Å². The SMILES string of the molecule is CCCNCc1ccc(N2CCCC(N(C)C)C2)cc1. The molecule has 0 radical (unpaired) electrons. The Bertz CT molecular complexity index is 386. The van der Waals surface area contributed by atoms with Crippen LogP contribution in [0.2, 0.25) is 0 Å². The summed E-state index contributed by atoms with van der Waals surface area (Å²) < 4.78 is 0. The fraction of sp³-hybridized carbons (Fsp3) is 0.647. The molecule has 1 aliphatic rings. The largest absolute Gasteiger partial charge is 0.370 e. The monoisotopic (exact) mass is 275 g/mol. The van der Waals surface area contributed by atoms with Crippen LogP contribution in [-0.2, 0) is 6.54 Å². The van der Waals surface area contributed by atoms with Crippen molar-refractivity contribution < 1.29 is 0 Å². The van der Waals surface area contributed by atoms with Gasteiger partial charge in [-0.3, -0.25) is 0 Å². The Morgan fingerprint density at radius 1 is 1.25 bits per heavy atom. The van der Waals surface area contributed by atoms with Gasteiger partial charge in [0, 0.05) is 31.4 Å². The maximum atomic E-state index is 3.45. The van der Waals surface area contributed by atoms with Crippen LogP contribution in [0.15, 0.2) is 24.3 Å². The molecule has 0 bridgehead atoms.